The van der Waals surface area contributed by atoms with Crippen molar-refractivity contribution in [3.05, 3.63) is 29.8 Å². The minimum atomic E-state index is -1.02. The molecule has 0 bridgehead atoms. The summed E-state index contributed by atoms with van der Waals surface area (Å²) in [5.41, 5.74) is 0.231. The zero-order chi connectivity index (χ0) is 20.7. The second-order valence-corrected chi connectivity index (χ2v) is 7.95. The molecule has 0 saturated heterocycles. The Morgan fingerprint density at radius 2 is 1.68 bits per heavy atom. The van der Waals surface area contributed by atoms with Crippen LogP contribution in [0.5, 0.6) is 5.75 Å². The van der Waals surface area contributed by atoms with Crippen LogP contribution in [-0.4, -0.2) is 24.3 Å². The second-order valence-electron chi connectivity index (χ2n) is 7.95. The molecule has 1 saturated carbocycles. The summed E-state index contributed by atoms with van der Waals surface area (Å²) in [5, 5.41) is 4.32. The summed E-state index contributed by atoms with van der Waals surface area (Å²) in [6.45, 7) is 10.2. The highest BCUT2D eigenvalue weighted by Crippen LogP contribution is 2.35. The smallest absolute Gasteiger partial charge is 0.491 e. The van der Waals surface area contributed by atoms with Crippen LogP contribution in [-0.2, 0) is 19.6 Å². The van der Waals surface area contributed by atoms with Crippen molar-refractivity contribution in [3.8, 4) is 5.75 Å². The number of hydrogen-bond acceptors (Lipinski definition) is 7. The number of carbonyl (C=O) groups excluding carboxylic acids is 2. The quantitative estimate of drug-likeness (QED) is 0.362. The Labute approximate surface area is 166 Å². The van der Waals surface area contributed by atoms with Gasteiger partial charge >= 0.3 is 12.1 Å². The number of ether oxygens (including phenoxy) is 2. The van der Waals surface area contributed by atoms with E-state index in [-0.39, 0.29) is 23.7 Å². The lowest BCUT2D eigenvalue weighted by Crippen LogP contribution is -2.36. The molecule has 0 radical (unpaired) electrons. The average Bonchev–Trinajstić information content (AvgIpc) is 2.61. The van der Waals surface area contributed by atoms with Crippen molar-refractivity contribution in [3.63, 3.8) is 0 Å². The zero-order valence-corrected chi connectivity index (χ0v) is 17.2. The van der Waals surface area contributed by atoms with Crippen molar-refractivity contribution >= 4 is 12.1 Å². The Morgan fingerprint density at radius 3 is 2.29 bits per heavy atom. The highest BCUT2D eigenvalue weighted by atomic mass is 17.5. The van der Waals surface area contributed by atoms with E-state index in [1.165, 1.54) is 12.1 Å². The largest absolute Gasteiger partial charge is 0.543 e. The van der Waals surface area contributed by atoms with Gasteiger partial charge < -0.3 is 9.47 Å². The third-order valence-corrected chi connectivity index (χ3v) is 4.88. The molecule has 0 heterocycles. The van der Waals surface area contributed by atoms with Gasteiger partial charge in [-0.15, -0.1) is 0 Å². The molecule has 28 heavy (non-hydrogen) atoms. The van der Waals surface area contributed by atoms with Crippen LogP contribution in [0.25, 0.3) is 0 Å². The molecule has 0 aliphatic heterocycles. The van der Waals surface area contributed by atoms with Gasteiger partial charge in [-0.3, -0.25) is 4.89 Å². The van der Waals surface area contributed by atoms with Crippen LogP contribution in [0.15, 0.2) is 24.3 Å². The van der Waals surface area contributed by atoms with E-state index in [1.807, 2.05) is 13.8 Å². The monoisotopic (exact) mass is 394 g/mol. The first-order chi connectivity index (χ1) is 13.3. The van der Waals surface area contributed by atoms with E-state index in [9.17, 15) is 9.59 Å². The lowest BCUT2D eigenvalue weighted by atomic mass is 9.75. The maximum absolute atomic E-state index is 11.9. The summed E-state index contributed by atoms with van der Waals surface area (Å²) in [6.07, 6.45) is 1.68. The van der Waals surface area contributed by atoms with Gasteiger partial charge in [-0.05, 0) is 68.7 Å². The highest BCUT2D eigenvalue weighted by molar-refractivity contribution is 5.89. The minimum absolute atomic E-state index is 0.0305. The van der Waals surface area contributed by atoms with Crippen molar-refractivity contribution in [1.82, 2.24) is 0 Å². The summed E-state index contributed by atoms with van der Waals surface area (Å²) in [6, 6.07) is 6.33. The molecule has 0 aromatic heterocycles. The Balaban J connectivity index is 1.77. The first-order valence-corrected chi connectivity index (χ1v) is 9.79. The number of carbonyl (C=O) groups is 2. The van der Waals surface area contributed by atoms with Gasteiger partial charge in [0.1, 0.15) is 11.9 Å². The normalized spacial score (nSPS) is 22.0. The van der Waals surface area contributed by atoms with Crippen molar-refractivity contribution in [2.75, 3.05) is 0 Å². The third kappa shape index (κ3) is 6.71. The molecular weight excluding hydrogens is 364 g/mol. The zero-order valence-electron chi connectivity index (χ0n) is 17.2. The number of hydrogen-bond donors (Lipinski definition) is 0. The lowest BCUT2D eigenvalue weighted by Gasteiger charge is -2.36. The Hall–Kier alpha value is -2.28. The van der Waals surface area contributed by atoms with Gasteiger partial charge in [0.2, 0.25) is 0 Å². The van der Waals surface area contributed by atoms with Crippen molar-refractivity contribution < 1.29 is 33.9 Å². The topological polar surface area (TPSA) is 80.3 Å². The van der Waals surface area contributed by atoms with Gasteiger partial charge in [-0.1, -0.05) is 27.2 Å². The molecule has 1 fully saturated rings. The van der Waals surface area contributed by atoms with E-state index in [1.54, 1.807) is 12.1 Å². The number of rotatable bonds is 7. The molecule has 1 aromatic carbocycles. The van der Waals surface area contributed by atoms with Gasteiger partial charge in [0.15, 0.2) is 0 Å². The van der Waals surface area contributed by atoms with Gasteiger partial charge in [0.05, 0.1) is 16.7 Å². The van der Waals surface area contributed by atoms with Crippen molar-refractivity contribution in [1.29, 1.82) is 0 Å². The summed E-state index contributed by atoms with van der Waals surface area (Å²) in [7, 11) is 0. The van der Waals surface area contributed by atoms with Gasteiger partial charge in [0.25, 0.3) is 0 Å². The van der Waals surface area contributed by atoms with Crippen LogP contribution in [0.2, 0.25) is 0 Å². The fourth-order valence-electron chi connectivity index (χ4n) is 3.46. The predicted molar refractivity (Wildman–Crippen MR) is 101 cm³/mol. The Morgan fingerprint density at radius 1 is 1.00 bits per heavy atom. The highest BCUT2D eigenvalue weighted by Gasteiger charge is 2.34. The van der Waals surface area contributed by atoms with Gasteiger partial charge in [-0.25, -0.2) is 14.5 Å². The van der Waals surface area contributed by atoms with E-state index in [0.717, 1.165) is 19.3 Å². The molecule has 0 N–H and O–H groups in total. The third-order valence-electron chi connectivity index (χ3n) is 4.88. The fraction of sp³-hybridized carbons (Fsp3) is 0.619. The number of benzene rings is 1. The molecule has 0 amide bonds. The molecule has 1 aliphatic carbocycles. The molecule has 7 nitrogen and oxygen atoms in total. The SMILES string of the molecule is CC1CCC(C(C)C)C(OC(=O)OOOC(=O)c2ccc(OC(C)C)cc2)C1. The van der Waals surface area contributed by atoms with E-state index >= 15 is 0 Å². The van der Waals surface area contributed by atoms with Crippen molar-refractivity contribution in [2.24, 2.45) is 17.8 Å². The van der Waals surface area contributed by atoms with Crippen LogP contribution in [0, 0.1) is 17.8 Å². The first-order valence-electron chi connectivity index (χ1n) is 9.79. The summed E-state index contributed by atoms with van der Waals surface area (Å²) >= 11 is 0. The molecule has 1 aromatic rings. The standard InChI is InChI=1S/C21H30O7/c1-13(2)18-11-6-15(5)12-19(18)25-21(23)27-28-26-20(22)16-7-9-17(10-8-16)24-14(3)4/h7-10,13-15,18-19H,6,11-12H2,1-5H3. The van der Waals surface area contributed by atoms with E-state index < -0.39 is 12.1 Å². The van der Waals surface area contributed by atoms with Crippen LogP contribution >= 0.6 is 0 Å². The summed E-state index contributed by atoms with van der Waals surface area (Å²) < 4.78 is 10.9. The lowest BCUT2D eigenvalue weighted by molar-refractivity contribution is -0.453. The van der Waals surface area contributed by atoms with Crippen LogP contribution in [0.3, 0.4) is 0 Å². The molecule has 3 unspecified atom stereocenters. The summed E-state index contributed by atoms with van der Waals surface area (Å²) in [5.74, 6) is 0.989. The molecule has 1 aliphatic rings. The average molecular weight is 394 g/mol. The maximum atomic E-state index is 11.9. The molecule has 0 spiro atoms. The second kappa shape index (κ2) is 10.3. The summed E-state index contributed by atoms with van der Waals surface area (Å²) in [4.78, 5) is 32.7. The molecule has 156 valence electrons. The van der Waals surface area contributed by atoms with Crippen LogP contribution < -0.4 is 4.74 Å². The van der Waals surface area contributed by atoms with Gasteiger partial charge in [-0.2, -0.15) is 0 Å². The molecule has 3 atom stereocenters. The Bertz CT molecular complexity index is 639. The maximum Gasteiger partial charge on any atom is 0.543 e. The molecule has 7 heteroatoms. The first kappa shape index (κ1) is 22.0. The van der Waals surface area contributed by atoms with E-state index in [2.05, 4.69) is 35.6 Å². The Kier molecular flexibility index (Phi) is 8.11. The van der Waals surface area contributed by atoms with E-state index in [4.69, 9.17) is 9.47 Å². The molecular formula is C21H30O7. The molecule has 2 rings (SSSR count). The minimum Gasteiger partial charge on any atom is -0.491 e. The van der Waals surface area contributed by atoms with Crippen molar-refractivity contribution in [2.45, 2.75) is 66.1 Å². The predicted octanol–water partition coefficient (Wildman–Crippen LogP) is 5.09. The van der Waals surface area contributed by atoms with Gasteiger partial charge in [0, 0.05) is 0 Å². The van der Waals surface area contributed by atoms with E-state index in [0.29, 0.717) is 17.6 Å². The fourth-order valence-corrected chi connectivity index (χ4v) is 3.46. The van der Waals surface area contributed by atoms with Crippen LogP contribution in [0.4, 0.5) is 4.79 Å². The van der Waals surface area contributed by atoms with Crippen LogP contribution in [0.1, 0.15) is 64.2 Å².